The van der Waals surface area contributed by atoms with Crippen molar-refractivity contribution in [2.45, 2.75) is 19.3 Å². The summed E-state index contributed by atoms with van der Waals surface area (Å²) in [5.41, 5.74) is 5.96. The number of esters is 1. The van der Waals surface area contributed by atoms with Gasteiger partial charge in [0.15, 0.2) is 0 Å². The summed E-state index contributed by atoms with van der Waals surface area (Å²) >= 11 is 0. The van der Waals surface area contributed by atoms with Crippen LogP contribution in [0.1, 0.15) is 16.7 Å². The molecule has 0 N–H and O–H groups in total. The molecular weight excluding hydrogens is 356 g/mol. The Bertz CT molecular complexity index is 971. The average molecular weight is 383 g/mol. The molecule has 3 aromatic carbocycles. The standard InChI is InChI=1S/C27H26O2/c1-21(18-22-12-6-3-7-13-22)25(19-23-14-8-4-9-15-23)26(27(28)29-2)20-24-16-10-5-11-17-24/h3-17H,1,18-20H2,2H3/b26-25-. The molecule has 146 valence electrons. The van der Waals surface area contributed by atoms with E-state index in [1.54, 1.807) is 0 Å². The number of allylic oxidation sites excluding steroid dienone is 2. The van der Waals surface area contributed by atoms with E-state index in [-0.39, 0.29) is 5.97 Å². The third-order valence-corrected chi connectivity index (χ3v) is 4.93. The minimum Gasteiger partial charge on any atom is -0.466 e. The van der Waals surface area contributed by atoms with Gasteiger partial charge in [-0.25, -0.2) is 4.79 Å². The Kier molecular flexibility index (Phi) is 7.18. The second-order valence-corrected chi connectivity index (χ2v) is 7.04. The summed E-state index contributed by atoms with van der Waals surface area (Å²) in [5.74, 6) is -0.297. The lowest BCUT2D eigenvalue weighted by Gasteiger charge is -2.17. The molecule has 0 radical (unpaired) electrons. The number of hydrogen-bond acceptors (Lipinski definition) is 2. The normalized spacial score (nSPS) is 11.5. The molecule has 3 aromatic rings. The van der Waals surface area contributed by atoms with Crippen molar-refractivity contribution >= 4 is 5.97 Å². The van der Waals surface area contributed by atoms with Crippen LogP contribution in [0.15, 0.2) is 114 Å². The summed E-state index contributed by atoms with van der Waals surface area (Å²) in [6, 6.07) is 30.4. The van der Waals surface area contributed by atoms with Crippen LogP contribution >= 0.6 is 0 Å². The van der Waals surface area contributed by atoms with E-state index in [9.17, 15) is 4.79 Å². The highest BCUT2D eigenvalue weighted by atomic mass is 16.5. The van der Waals surface area contributed by atoms with Gasteiger partial charge in [-0.2, -0.15) is 0 Å². The summed E-state index contributed by atoms with van der Waals surface area (Å²) in [6.07, 6.45) is 1.85. The maximum atomic E-state index is 12.8. The summed E-state index contributed by atoms with van der Waals surface area (Å²) in [7, 11) is 1.44. The number of methoxy groups -OCH3 is 1. The van der Waals surface area contributed by atoms with E-state index >= 15 is 0 Å². The molecule has 0 aromatic heterocycles. The largest absolute Gasteiger partial charge is 0.466 e. The summed E-state index contributed by atoms with van der Waals surface area (Å²) < 4.78 is 5.17. The van der Waals surface area contributed by atoms with Gasteiger partial charge < -0.3 is 4.74 Å². The third kappa shape index (κ3) is 5.79. The van der Waals surface area contributed by atoms with Crippen molar-refractivity contribution in [3.8, 4) is 0 Å². The lowest BCUT2D eigenvalue weighted by atomic mass is 9.88. The zero-order chi connectivity index (χ0) is 20.5. The zero-order valence-electron chi connectivity index (χ0n) is 16.8. The van der Waals surface area contributed by atoms with E-state index in [0.717, 1.165) is 22.3 Å². The first-order valence-electron chi connectivity index (χ1n) is 9.77. The smallest absolute Gasteiger partial charge is 0.334 e. The molecule has 0 fully saturated rings. The summed E-state index contributed by atoms with van der Waals surface area (Å²) in [5, 5.41) is 0. The molecule has 0 aliphatic heterocycles. The van der Waals surface area contributed by atoms with Crippen molar-refractivity contribution in [3.05, 3.63) is 131 Å². The number of rotatable bonds is 8. The van der Waals surface area contributed by atoms with Crippen LogP contribution in [-0.2, 0) is 28.8 Å². The predicted octanol–water partition coefficient (Wildman–Crippen LogP) is 5.74. The molecule has 0 amide bonds. The van der Waals surface area contributed by atoms with E-state index in [1.807, 2.05) is 66.7 Å². The van der Waals surface area contributed by atoms with Crippen LogP contribution in [0, 0.1) is 0 Å². The second-order valence-electron chi connectivity index (χ2n) is 7.04. The zero-order valence-corrected chi connectivity index (χ0v) is 16.8. The maximum absolute atomic E-state index is 12.8. The minimum atomic E-state index is -0.297. The first kappa shape index (κ1) is 20.3. The Hall–Kier alpha value is -3.39. The third-order valence-electron chi connectivity index (χ3n) is 4.93. The maximum Gasteiger partial charge on any atom is 0.334 e. The molecule has 29 heavy (non-hydrogen) atoms. The first-order chi connectivity index (χ1) is 14.2. The highest BCUT2D eigenvalue weighted by Crippen LogP contribution is 2.26. The van der Waals surface area contributed by atoms with Gasteiger partial charge in [0.1, 0.15) is 0 Å². The van der Waals surface area contributed by atoms with Crippen LogP contribution in [0.25, 0.3) is 0 Å². The minimum absolute atomic E-state index is 0.297. The molecule has 0 atom stereocenters. The van der Waals surface area contributed by atoms with E-state index < -0.39 is 0 Å². The van der Waals surface area contributed by atoms with Gasteiger partial charge >= 0.3 is 5.97 Å². The van der Waals surface area contributed by atoms with E-state index in [2.05, 4.69) is 30.8 Å². The van der Waals surface area contributed by atoms with Crippen LogP contribution in [0.5, 0.6) is 0 Å². The Morgan fingerprint density at radius 3 is 1.45 bits per heavy atom. The van der Waals surface area contributed by atoms with E-state index in [1.165, 1.54) is 12.7 Å². The highest BCUT2D eigenvalue weighted by molar-refractivity contribution is 5.91. The van der Waals surface area contributed by atoms with Gasteiger partial charge in [0, 0.05) is 12.0 Å². The van der Waals surface area contributed by atoms with Crippen LogP contribution in [0.2, 0.25) is 0 Å². The fourth-order valence-corrected chi connectivity index (χ4v) is 3.42. The van der Waals surface area contributed by atoms with Gasteiger partial charge in [-0.1, -0.05) is 97.6 Å². The van der Waals surface area contributed by atoms with Crippen LogP contribution in [-0.4, -0.2) is 13.1 Å². The molecule has 0 bridgehead atoms. The summed E-state index contributed by atoms with van der Waals surface area (Å²) in [4.78, 5) is 12.8. The number of carbonyl (C=O) groups is 1. The molecule has 3 rings (SSSR count). The van der Waals surface area contributed by atoms with Gasteiger partial charge in [0.25, 0.3) is 0 Å². The SMILES string of the molecule is C=C(Cc1ccccc1)/C(Cc1ccccc1)=C(/Cc1ccccc1)C(=O)OC. The molecule has 0 unspecified atom stereocenters. The van der Waals surface area contributed by atoms with Crippen molar-refractivity contribution < 1.29 is 9.53 Å². The summed E-state index contributed by atoms with van der Waals surface area (Å²) in [6.45, 7) is 4.36. The van der Waals surface area contributed by atoms with Crippen molar-refractivity contribution in [2.24, 2.45) is 0 Å². The fraction of sp³-hybridized carbons (Fsp3) is 0.148. The van der Waals surface area contributed by atoms with E-state index in [0.29, 0.717) is 24.8 Å². The van der Waals surface area contributed by atoms with E-state index in [4.69, 9.17) is 4.74 Å². The Morgan fingerprint density at radius 2 is 1.03 bits per heavy atom. The fourth-order valence-electron chi connectivity index (χ4n) is 3.42. The van der Waals surface area contributed by atoms with Crippen molar-refractivity contribution in [2.75, 3.05) is 7.11 Å². The lowest BCUT2D eigenvalue weighted by molar-refractivity contribution is -0.136. The molecule has 2 nitrogen and oxygen atoms in total. The van der Waals surface area contributed by atoms with Crippen LogP contribution in [0.4, 0.5) is 0 Å². The second kappa shape index (κ2) is 10.2. The van der Waals surface area contributed by atoms with Crippen molar-refractivity contribution in [1.82, 2.24) is 0 Å². The Balaban J connectivity index is 2.02. The van der Waals surface area contributed by atoms with Gasteiger partial charge in [0.05, 0.1) is 7.11 Å². The highest BCUT2D eigenvalue weighted by Gasteiger charge is 2.19. The van der Waals surface area contributed by atoms with Crippen molar-refractivity contribution in [1.29, 1.82) is 0 Å². The number of hydrogen-bond donors (Lipinski definition) is 0. The number of carbonyl (C=O) groups excluding carboxylic acids is 1. The predicted molar refractivity (Wildman–Crippen MR) is 119 cm³/mol. The molecular formula is C27H26O2. The Labute approximate surface area is 173 Å². The monoisotopic (exact) mass is 382 g/mol. The topological polar surface area (TPSA) is 26.3 Å². The average Bonchev–Trinajstić information content (AvgIpc) is 2.77. The van der Waals surface area contributed by atoms with Crippen LogP contribution < -0.4 is 0 Å². The molecule has 0 spiro atoms. The molecule has 0 aliphatic carbocycles. The molecule has 0 aliphatic rings. The van der Waals surface area contributed by atoms with Gasteiger partial charge in [-0.15, -0.1) is 0 Å². The van der Waals surface area contributed by atoms with Gasteiger partial charge in [-0.3, -0.25) is 0 Å². The Morgan fingerprint density at radius 1 is 0.655 bits per heavy atom. The van der Waals surface area contributed by atoms with Crippen LogP contribution in [0.3, 0.4) is 0 Å². The van der Waals surface area contributed by atoms with Gasteiger partial charge in [-0.05, 0) is 40.7 Å². The quantitative estimate of drug-likeness (QED) is 0.282. The molecule has 0 heterocycles. The first-order valence-corrected chi connectivity index (χ1v) is 9.77. The van der Waals surface area contributed by atoms with Gasteiger partial charge in [0.2, 0.25) is 0 Å². The molecule has 0 saturated carbocycles. The van der Waals surface area contributed by atoms with Crippen molar-refractivity contribution in [3.63, 3.8) is 0 Å². The number of benzene rings is 3. The molecule has 0 saturated heterocycles. The molecule has 2 heteroatoms. The number of ether oxygens (including phenoxy) is 1. The lowest BCUT2D eigenvalue weighted by Crippen LogP contribution is -2.14.